The Kier molecular flexibility index (Phi) is 9.55. The number of para-hydroxylation sites is 1. The van der Waals surface area contributed by atoms with E-state index >= 15 is 0 Å². The first-order chi connectivity index (χ1) is 19.2. The number of carboxylic acid groups (broad SMARTS) is 1. The molecule has 1 aliphatic carbocycles. The van der Waals surface area contributed by atoms with Gasteiger partial charge in [0.1, 0.15) is 16.8 Å². The summed E-state index contributed by atoms with van der Waals surface area (Å²) in [6, 6.07) is 16.1. The molecule has 0 saturated heterocycles. The van der Waals surface area contributed by atoms with Crippen LogP contribution in [0.3, 0.4) is 0 Å². The van der Waals surface area contributed by atoms with Crippen molar-refractivity contribution in [3.63, 3.8) is 0 Å². The number of urea groups is 1. The van der Waals surface area contributed by atoms with Crippen molar-refractivity contribution < 1.29 is 19.5 Å². The van der Waals surface area contributed by atoms with E-state index in [9.17, 15) is 19.5 Å². The van der Waals surface area contributed by atoms with Gasteiger partial charge in [0, 0.05) is 36.4 Å². The summed E-state index contributed by atoms with van der Waals surface area (Å²) in [5.41, 5.74) is 2.41. The van der Waals surface area contributed by atoms with Gasteiger partial charge in [-0.3, -0.25) is 9.59 Å². The summed E-state index contributed by atoms with van der Waals surface area (Å²) in [6.07, 6.45) is 4.44. The lowest BCUT2D eigenvalue weighted by molar-refractivity contribution is -0.138. The highest BCUT2D eigenvalue weighted by atomic mass is 35.5. The van der Waals surface area contributed by atoms with E-state index in [2.05, 4.69) is 25.9 Å². The van der Waals surface area contributed by atoms with Crippen molar-refractivity contribution >= 4 is 46.7 Å². The van der Waals surface area contributed by atoms with Gasteiger partial charge in [-0.25, -0.2) is 14.8 Å². The fraction of sp³-hybridized carbons (Fsp3) is 0.345. The van der Waals surface area contributed by atoms with E-state index in [-0.39, 0.29) is 35.2 Å². The smallest absolute Gasteiger partial charge is 0.323 e. The predicted molar refractivity (Wildman–Crippen MR) is 155 cm³/mol. The Hall–Kier alpha value is -4.18. The van der Waals surface area contributed by atoms with E-state index in [0.29, 0.717) is 29.4 Å². The third-order valence-corrected chi connectivity index (χ3v) is 7.09. The van der Waals surface area contributed by atoms with E-state index in [4.69, 9.17) is 11.6 Å². The highest BCUT2D eigenvalue weighted by Gasteiger charge is 2.27. The van der Waals surface area contributed by atoms with Crippen molar-refractivity contribution in [2.45, 2.75) is 51.0 Å². The zero-order valence-corrected chi connectivity index (χ0v) is 23.2. The van der Waals surface area contributed by atoms with Crippen molar-refractivity contribution in [2.24, 2.45) is 0 Å². The molecule has 3 aromatic rings. The van der Waals surface area contributed by atoms with Gasteiger partial charge >= 0.3 is 12.0 Å². The van der Waals surface area contributed by atoms with Gasteiger partial charge in [0.15, 0.2) is 0 Å². The summed E-state index contributed by atoms with van der Waals surface area (Å²) in [4.78, 5) is 47.4. The Bertz CT molecular complexity index is 1350. The number of anilines is 3. The van der Waals surface area contributed by atoms with Crippen molar-refractivity contribution in [1.29, 1.82) is 0 Å². The summed E-state index contributed by atoms with van der Waals surface area (Å²) < 4.78 is 0. The van der Waals surface area contributed by atoms with Gasteiger partial charge in [0.25, 0.3) is 0 Å². The fourth-order valence-corrected chi connectivity index (χ4v) is 5.02. The van der Waals surface area contributed by atoms with Gasteiger partial charge in [0.2, 0.25) is 5.91 Å². The Morgan fingerprint density at radius 2 is 1.62 bits per heavy atom. The number of halogens is 1. The quantitative estimate of drug-likeness (QED) is 0.253. The summed E-state index contributed by atoms with van der Waals surface area (Å²) in [6.45, 7) is 1.52. The average molecular weight is 565 g/mol. The van der Waals surface area contributed by atoms with Crippen LogP contribution in [-0.2, 0) is 16.0 Å². The molecule has 4 N–H and O–H groups in total. The van der Waals surface area contributed by atoms with Crippen LogP contribution in [0.2, 0.25) is 5.15 Å². The highest BCUT2D eigenvalue weighted by molar-refractivity contribution is 6.30. The maximum Gasteiger partial charge on any atom is 0.323 e. The van der Waals surface area contributed by atoms with Crippen LogP contribution in [0, 0.1) is 0 Å². The van der Waals surface area contributed by atoms with E-state index in [1.807, 2.05) is 30.3 Å². The van der Waals surface area contributed by atoms with Crippen LogP contribution in [0.5, 0.6) is 0 Å². The molecular formula is C29H33ClN6O4. The SMILES string of the molecule is CC(C(=O)O)c1c(Cl)nc(Cc2ccc(NC(=O)Nc3ccccc3)cc2)nc1N(C)CC(=O)NC1CCCC1. The van der Waals surface area contributed by atoms with Gasteiger partial charge < -0.3 is 26.0 Å². The first-order valence-electron chi connectivity index (χ1n) is 13.2. The van der Waals surface area contributed by atoms with Gasteiger partial charge in [-0.1, -0.05) is 54.8 Å². The molecule has 11 heteroatoms. The lowest BCUT2D eigenvalue weighted by Gasteiger charge is -2.24. The summed E-state index contributed by atoms with van der Waals surface area (Å²) in [7, 11) is 1.69. The van der Waals surface area contributed by atoms with Crippen molar-refractivity contribution in [3.8, 4) is 0 Å². The highest BCUT2D eigenvalue weighted by Crippen LogP contribution is 2.32. The van der Waals surface area contributed by atoms with Crippen LogP contribution in [0.1, 0.15) is 55.5 Å². The van der Waals surface area contributed by atoms with Gasteiger partial charge in [0.05, 0.1) is 12.5 Å². The molecule has 4 rings (SSSR count). The Morgan fingerprint density at radius 1 is 1.00 bits per heavy atom. The number of rotatable bonds is 10. The van der Waals surface area contributed by atoms with Crippen molar-refractivity contribution in [2.75, 3.05) is 29.1 Å². The molecule has 0 bridgehead atoms. The van der Waals surface area contributed by atoms with E-state index in [1.54, 1.807) is 36.2 Å². The fourth-order valence-electron chi connectivity index (χ4n) is 4.68. The van der Waals surface area contributed by atoms with Crippen molar-refractivity contribution in [1.82, 2.24) is 15.3 Å². The second kappa shape index (κ2) is 13.3. The zero-order valence-electron chi connectivity index (χ0n) is 22.5. The van der Waals surface area contributed by atoms with Crippen LogP contribution < -0.4 is 20.9 Å². The summed E-state index contributed by atoms with van der Waals surface area (Å²) in [5.74, 6) is -1.50. The summed E-state index contributed by atoms with van der Waals surface area (Å²) in [5, 5.41) is 18.3. The standard InChI is InChI=1S/C29H33ClN6O4/c1-18(28(38)39)25-26(30)34-23(35-27(25)36(2)17-24(37)31-20-10-6-7-11-20)16-19-12-14-22(15-13-19)33-29(40)32-21-8-4-3-5-9-21/h3-5,8-9,12-15,18,20H,6-7,10-11,16-17H2,1-2H3,(H,31,37)(H,38,39)(H2,32,33,40). The molecular weight excluding hydrogens is 532 g/mol. The van der Waals surface area contributed by atoms with Crippen molar-refractivity contribution in [3.05, 3.63) is 76.7 Å². The first kappa shape index (κ1) is 28.8. The normalized spacial score (nSPS) is 13.9. The lowest BCUT2D eigenvalue weighted by atomic mass is 10.0. The third-order valence-electron chi connectivity index (χ3n) is 6.80. The molecule has 210 valence electrons. The Morgan fingerprint density at radius 3 is 2.25 bits per heavy atom. The van der Waals surface area contributed by atoms with Crippen LogP contribution in [0.4, 0.5) is 22.0 Å². The first-order valence-corrected chi connectivity index (χ1v) is 13.6. The number of nitrogens with one attached hydrogen (secondary N) is 3. The maximum absolute atomic E-state index is 12.7. The van der Waals surface area contributed by atoms with Crippen LogP contribution in [0.15, 0.2) is 54.6 Å². The molecule has 1 aromatic heterocycles. The number of aliphatic carboxylic acids is 1. The second-order valence-corrected chi connectivity index (χ2v) is 10.3. The number of likely N-dealkylation sites (N-methyl/N-ethyl adjacent to an activating group) is 1. The number of hydrogen-bond acceptors (Lipinski definition) is 6. The monoisotopic (exact) mass is 564 g/mol. The number of hydrogen-bond donors (Lipinski definition) is 4. The molecule has 10 nitrogen and oxygen atoms in total. The number of aromatic nitrogens is 2. The second-order valence-electron chi connectivity index (χ2n) is 9.95. The minimum absolute atomic E-state index is 0.00797. The third kappa shape index (κ3) is 7.69. The van der Waals surface area contributed by atoms with E-state index < -0.39 is 11.9 Å². The number of carbonyl (C=O) groups is 3. The number of carbonyl (C=O) groups excluding carboxylic acids is 2. The summed E-state index contributed by atoms with van der Waals surface area (Å²) >= 11 is 6.51. The minimum Gasteiger partial charge on any atom is -0.481 e. The van der Waals surface area contributed by atoms with Crippen LogP contribution >= 0.6 is 11.6 Å². The van der Waals surface area contributed by atoms with E-state index in [0.717, 1.165) is 31.2 Å². The molecule has 0 radical (unpaired) electrons. The maximum atomic E-state index is 12.7. The average Bonchev–Trinajstić information content (AvgIpc) is 3.42. The molecule has 1 saturated carbocycles. The molecule has 0 spiro atoms. The number of amides is 3. The Balaban J connectivity index is 1.48. The topological polar surface area (TPSA) is 137 Å². The van der Waals surface area contributed by atoms with Gasteiger partial charge in [-0.05, 0) is 49.6 Å². The molecule has 2 aromatic carbocycles. The molecule has 1 heterocycles. The number of carboxylic acids is 1. The lowest BCUT2D eigenvalue weighted by Crippen LogP contribution is -2.40. The molecule has 40 heavy (non-hydrogen) atoms. The predicted octanol–water partition coefficient (Wildman–Crippen LogP) is 5.05. The molecule has 1 atom stereocenters. The van der Waals surface area contributed by atoms with Gasteiger partial charge in [-0.2, -0.15) is 0 Å². The number of benzene rings is 2. The molecule has 0 aliphatic heterocycles. The molecule has 1 aliphatic rings. The number of nitrogens with zero attached hydrogens (tertiary/aromatic N) is 3. The molecule has 1 unspecified atom stereocenters. The van der Waals surface area contributed by atoms with Gasteiger partial charge in [-0.15, -0.1) is 0 Å². The zero-order chi connectivity index (χ0) is 28.6. The van der Waals surface area contributed by atoms with E-state index in [1.165, 1.54) is 6.92 Å². The minimum atomic E-state index is -1.07. The largest absolute Gasteiger partial charge is 0.481 e. The van der Waals surface area contributed by atoms with Crippen LogP contribution in [-0.4, -0.2) is 52.6 Å². The Labute approximate surface area is 238 Å². The molecule has 3 amide bonds. The molecule has 1 fully saturated rings. The van der Waals surface area contributed by atoms with Crippen LogP contribution in [0.25, 0.3) is 0 Å².